The molecule has 8 heteroatoms. The van der Waals surface area contributed by atoms with Gasteiger partial charge < -0.3 is 14.4 Å². The Morgan fingerprint density at radius 1 is 0.250 bits per heavy atom. The Morgan fingerprint density at radius 2 is 0.648 bits per heavy atom. The van der Waals surface area contributed by atoms with Crippen molar-refractivity contribution in [1.29, 1.82) is 0 Å². The fourth-order valence-corrected chi connectivity index (χ4v) is 13.4. The molecular weight excluding hydrogens is 1070 g/mol. The number of hydrogen-bond donors (Lipinski definition) is 0. The van der Waals surface area contributed by atoms with Gasteiger partial charge in [-0.25, -0.2) is 19.9 Å². The van der Waals surface area contributed by atoms with Crippen molar-refractivity contribution >= 4 is 79.0 Å². The molecule has 0 saturated heterocycles. The number of fused-ring (bicyclic) bond motifs is 7. The van der Waals surface area contributed by atoms with Crippen LogP contribution < -0.4 is 26.2 Å². The summed E-state index contributed by atoms with van der Waals surface area (Å²) in [6.07, 6.45) is 0. The normalized spacial score (nSPS) is 12.2. The van der Waals surface area contributed by atoms with Crippen LogP contribution in [0.2, 0.25) is 0 Å². The maximum atomic E-state index is 5.48. The van der Waals surface area contributed by atoms with Crippen LogP contribution in [0.5, 0.6) is 0 Å². The van der Waals surface area contributed by atoms with Gasteiger partial charge in [-0.1, -0.05) is 224 Å². The molecule has 0 bridgehead atoms. The number of aromatic nitrogens is 5. The molecule has 15 aromatic rings. The fourth-order valence-electron chi connectivity index (χ4n) is 13.4. The van der Waals surface area contributed by atoms with Gasteiger partial charge in [0.15, 0.2) is 11.6 Å². The van der Waals surface area contributed by atoms with E-state index in [4.69, 9.17) is 19.9 Å². The van der Waals surface area contributed by atoms with Crippen molar-refractivity contribution in [3.63, 3.8) is 0 Å². The van der Waals surface area contributed by atoms with Crippen LogP contribution >= 0.6 is 0 Å². The maximum Gasteiger partial charge on any atom is 0.252 e. The largest absolute Gasteiger partial charge is 0.311 e. The second kappa shape index (κ2) is 21.1. The molecule has 0 saturated carbocycles. The lowest BCUT2D eigenvalue weighted by atomic mass is 9.33. The van der Waals surface area contributed by atoms with Gasteiger partial charge in [0.25, 0.3) is 6.71 Å². The molecule has 0 fully saturated rings. The van der Waals surface area contributed by atoms with Crippen LogP contribution in [0.15, 0.2) is 315 Å². The van der Waals surface area contributed by atoms with E-state index in [1.54, 1.807) is 0 Å². The number of hydrogen-bond acceptors (Lipinski definition) is 6. The summed E-state index contributed by atoms with van der Waals surface area (Å²) in [6.45, 7) is 0.00840. The summed E-state index contributed by atoms with van der Waals surface area (Å²) in [5.74, 6) is 1.21. The minimum absolute atomic E-state index is 0.00840. The summed E-state index contributed by atoms with van der Waals surface area (Å²) < 4.78 is 2.40. The summed E-state index contributed by atoms with van der Waals surface area (Å²) in [6, 6.07) is 113. The highest BCUT2D eigenvalue weighted by atomic mass is 15.2. The second-order valence-corrected chi connectivity index (χ2v) is 22.5. The van der Waals surface area contributed by atoms with Crippen molar-refractivity contribution < 1.29 is 0 Å². The Hall–Kier alpha value is -11.7. The van der Waals surface area contributed by atoms with Crippen LogP contribution in [0.4, 0.5) is 34.1 Å². The van der Waals surface area contributed by atoms with Crippen molar-refractivity contribution in [3.8, 4) is 84.6 Å². The van der Waals surface area contributed by atoms with E-state index < -0.39 is 0 Å². The molecule has 12 aromatic carbocycles. The van der Waals surface area contributed by atoms with Crippen molar-refractivity contribution in [3.05, 3.63) is 315 Å². The lowest BCUT2D eigenvalue weighted by molar-refractivity contribution is 1.13. The first-order valence-corrected chi connectivity index (χ1v) is 29.9. The molecule has 0 aliphatic carbocycles. The topological polar surface area (TPSA) is 63.0 Å². The first-order chi connectivity index (χ1) is 43.6. The average Bonchev–Trinajstić information content (AvgIpc) is 0.870. The van der Waals surface area contributed by atoms with E-state index in [0.29, 0.717) is 11.6 Å². The highest BCUT2D eigenvalue weighted by Crippen LogP contribution is 2.47. The Labute approximate surface area is 510 Å². The van der Waals surface area contributed by atoms with E-state index in [2.05, 4.69) is 306 Å². The first kappa shape index (κ1) is 50.8. The van der Waals surface area contributed by atoms with Gasteiger partial charge >= 0.3 is 0 Å². The molecule has 0 spiro atoms. The van der Waals surface area contributed by atoms with Crippen molar-refractivity contribution in [2.24, 2.45) is 0 Å². The molecule has 0 atom stereocenters. The van der Waals surface area contributed by atoms with Gasteiger partial charge in [0.2, 0.25) is 0 Å². The fraction of sp³-hybridized carbons (Fsp3) is 0. The van der Waals surface area contributed by atoms with Crippen LogP contribution in [0.3, 0.4) is 0 Å². The summed E-state index contributed by atoms with van der Waals surface area (Å²) in [4.78, 5) is 26.6. The zero-order valence-corrected chi connectivity index (χ0v) is 47.7. The Morgan fingerprint density at radius 3 is 1.15 bits per heavy atom. The van der Waals surface area contributed by atoms with E-state index in [1.165, 1.54) is 27.8 Å². The third-order valence-corrected chi connectivity index (χ3v) is 17.4. The minimum Gasteiger partial charge on any atom is -0.311 e. The maximum absolute atomic E-state index is 5.48. The SMILES string of the molecule is c1ccc(-c2cc(-c3ccccc3)nc(-c3ccc(-c4nc(-c5ccccc5)cc(-c5ccccc5)n4)c(-n4c5ccccc5c5cc(-c6cc7c8c(c6)N(c6ccccc6)c6ccccc6B8c6ccccc6N7c6ccccc6)ccc54)c3)n2)cc1. The summed E-state index contributed by atoms with van der Waals surface area (Å²) in [7, 11) is 0. The minimum atomic E-state index is 0.00840. The highest BCUT2D eigenvalue weighted by molar-refractivity contribution is 7.00. The molecule has 2 aliphatic rings. The van der Waals surface area contributed by atoms with Gasteiger partial charge in [0.05, 0.1) is 39.5 Å². The van der Waals surface area contributed by atoms with Gasteiger partial charge in [-0.15, -0.1) is 0 Å². The van der Waals surface area contributed by atoms with E-state index in [-0.39, 0.29) is 6.71 Å². The van der Waals surface area contributed by atoms with Crippen LogP contribution in [0, 0.1) is 0 Å². The van der Waals surface area contributed by atoms with Crippen LogP contribution in [-0.4, -0.2) is 31.2 Å². The molecule has 0 N–H and O–H groups in total. The van der Waals surface area contributed by atoms with Gasteiger partial charge in [-0.2, -0.15) is 0 Å². The Bertz CT molecular complexity index is 4930. The van der Waals surface area contributed by atoms with Crippen LogP contribution in [0.25, 0.3) is 106 Å². The van der Waals surface area contributed by atoms with Crippen molar-refractivity contribution in [1.82, 2.24) is 24.5 Å². The van der Waals surface area contributed by atoms with Crippen LogP contribution in [-0.2, 0) is 0 Å². The summed E-state index contributed by atoms with van der Waals surface area (Å²) in [5, 5.41) is 2.23. The predicted molar refractivity (Wildman–Crippen MR) is 364 cm³/mol. The average molecular weight is 1120 g/mol. The van der Waals surface area contributed by atoms with Gasteiger partial charge in [0.1, 0.15) is 0 Å². The number of nitrogens with zero attached hydrogens (tertiary/aromatic N) is 7. The highest BCUT2D eigenvalue weighted by Gasteiger charge is 2.43. The van der Waals surface area contributed by atoms with E-state index in [9.17, 15) is 0 Å². The van der Waals surface area contributed by atoms with E-state index in [0.717, 1.165) is 118 Å². The third-order valence-electron chi connectivity index (χ3n) is 17.4. The van der Waals surface area contributed by atoms with E-state index in [1.807, 2.05) is 24.3 Å². The molecular formula is C80H52BN7. The number of benzene rings is 12. The molecule has 0 radical (unpaired) electrons. The molecule has 0 amide bonds. The first-order valence-electron chi connectivity index (χ1n) is 29.9. The number of anilines is 6. The molecule has 410 valence electrons. The zero-order valence-electron chi connectivity index (χ0n) is 47.7. The zero-order chi connectivity index (χ0) is 58.1. The van der Waals surface area contributed by atoms with Crippen LogP contribution in [0.1, 0.15) is 0 Å². The molecule has 3 aromatic heterocycles. The van der Waals surface area contributed by atoms with Crippen molar-refractivity contribution in [2.75, 3.05) is 9.80 Å². The molecule has 5 heterocycles. The summed E-state index contributed by atoms with van der Waals surface area (Å²) >= 11 is 0. The van der Waals surface area contributed by atoms with E-state index >= 15 is 0 Å². The predicted octanol–water partition coefficient (Wildman–Crippen LogP) is 18.1. The number of rotatable bonds is 10. The second-order valence-electron chi connectivity index (χ2n) is 22.5. The molecule has 2 aliphatic heterocycles. The van der Waals surface area contributed by atoms with Gasteiger partial charge in [0, 0.05) is 78.3 Å². The standard InChI is InChI=1S/C80H52BN7/c1-7-25-53(26-8-1)67-51-68(54-27-9-2-10-28-54)83-79(82-67)58-43-45-63(80-84-69(55-29-11-3-12-30-55)52-70(85-80)56-31-13-4-14-32-56)75(48-58)88-71-40-22-19-37-62(71)64-47-57(44-46-72(64)88)59-49-76-78-77(50-59)87(61-35-17-6-18-36-61)74-42-24-21-39-66(74)81(78)65-38-20-23-41-73(65)86(76)60-33-15-5-16-34-60/h1-52H. The quantitative estimate of drug-likeness (QED) is 0.127. The van der Waals surface area contributed by atoms with Gasteiger partial charge in [-0.3, -0.25) is 0 Å². The lowest BCUT2D eigenvalue weighted by Gasteiger charge is -2.44. The van der Waals surface area contributed by atoms with Crippen molar-refractivity contribution in [2.45, 2.75) is 0 Å². The third kappa shape index (κ3) is 8.60. The Balaban J connectivity index is 0.913. The molecule has 0 unspecified atom stereocenters. The molecule has 88 heavy (non-hydrogen) atoms. The number of para-hydroxylation sites is 5. The molecule has 17 rings (SSSR count). The van der Waals surface area contributed by atoms with Gasteiger partial charge in [-0.05, 0) is 119 Å². The lowest BCUT2D eigenvalue weighted by Crippen LogP contribution is -2.61. The molecule has 7 nitrogen and oxygen atoms in total. The Kier molecular flexibility index (Phi) is 12.2. The smallest absolute Gasteiger partial charge is 0.252 e. The summed E-state index contributed by atoms with van der Waals surface area (Å²) in [5.41, 5.74) is 25.0. The monoisotopic (exact) mass is 1120 g/mol.